The van der Waals surface area contributed by atoms with Crippen LogP contribution in [0.15, 0.2) is 17.0 Å². The van der Waals surface area contributed by atoms with E-state index in [2.05, 4.69) is 0 Å². The number of halogens is 2. The lowest BCUT2D eigenvalue weighted by Gasteiger charge is -2.10. The van der Waals surface area contributed by atoms with Crippen molar-refractivity contribution < 1.29 is 27.4 Å². The molecule has 1 aliphatic heterocycles. The van der Waals surface area contributed by atoms with Crippen molar-refractivity contribution >= 4 is 27.4 Å². The SMILES string of the molecule is O=C(O)c1cc(S(=O)(=O)CC2CCOC2)cc(F)c1Cl. The lowest BCUT2D eigenvalue weighted by atomic mass is 10.2. The largest absolute Gasteiger partial charge is 0.478 e. The van der Waals surface area contributed by atoms with E-state index in [4.69, 9.17) is 21.4 Å². The summed E-state index contributed by atoms with van der Waals surface area (Å²) in [5.74, 6) is -2.90. The van der Waals surface area contributed by atoms with Crippen molar-refractivity contribution in [3.8, 4) is 0 Å². The molecule has 0 radical (unpaired) electrons. The molecular formula is C12H12ClFO5S. The molecular weight excluding hydrogens is 311 g/mol. The standard InChI is InChI=1S/C12H12ClFO5S/c13-11-9(12(15)16)3-8(4-10(11)14)20(17,18)6-7-1-2-19-5-7/h3-4,7H,1-2,5-6H2,(H,15,16). The first-order valence-electron chi connectivity index (χ1n) is 5.84. The van der Waals surface area contributed by atoms with Gasteiger partial charge in [-0.1, -0.05) is 11.6 Å². The number of carbonyl (C=O) groups is 1. The third-order valence-corrected chi connectivity index (χ3v) is 5.32. The van der Waals surface area contributed by atoms with Gasteiger partial charge < -0.3 is 9.84 Å². The summed E-state index contributed by atoms with van der Waals surface area (Å²) in [6.07, 6.45) is 0.612. The second kappa shape index (κ2) is 5.67. The molecule has 0 spiro atoms. The molecule has 0 bridgehead atoms. The molecule has 1 aliphatic rings. The molecule has 0 aromatic heterocycles. The molecule has 0 amide bonds. The first-order valence-corrected chi connectivity index (χ1v) is 7.87. The lowest BCUT2D eigenvalue weighted by Crippen LogP contribution is -2.17. The van der Waals surface area contributed by atoms with E-state index in [9.17, 15) is 17.6 Å². The van der Waals surface area contributed by atoms with Crippen LogP contribution in [0.25, 0.3) is 0 Å². The van der Waals surface area contributed by atoms with Gasteiger partial charge in [0, 0.05) is 6.61 Å². The highest BCUT2D eigenvalue weighted by Gasteiger charge is 2.27. The van der Waals surface area contributed by atoms with Crippen LogP contribution in [-0.4, -0.2) is 38.5 Å². The van der Waals surface area contributed by atoms with Gasteiger partial charge in [0.15, 0.2) is 9.84 Å². The Kier molecular flexibility index (Phi) is 4.31. The number of aromatic carboxylic acids is 1. The maximum absolute atomic E-state index is 13.6. The second-order valence-corrected chi connectivity index (χ2v) is 7.00. The molecule has 0 aliphatic carbocycles. The number of hydrogen-bond donors (Lipinski definition) is 1. The fraction of sp³-hybridized carbons (Fsp3) is 0.417. The number of sulfone groups is 1. The van der Waals surface area contributed by atoms with Crippen molar-refractivity contribution in [3.05, 3.63) is 28.5 Å². The number of carboxylic acids is 1. The molecule has 1 fully saturated rings. The Bertz CT molecular complexity index is 637. The lowest BCUT2D eigenvalue weighted by molar-refractivity contribution is 0.0696. The molecule has 20 heavy (non-hydrogen) atoms. The average molecular weight is 323 g/mol. The van der Waals surface area contributed by atoms with Crippen molar-refractivity contribution in [1.82, 2.24) is 0 Å². The van der Waals surface area contributed by atoms with E-state index in [1.165, 1.54) is 0 Å². The van der Waals surface area contributed by atoms with Crippen LogP contribution in [0, 0.1) is 11.7 Å². The zero-order chi connectivity index (χ0) is 14.9. The molecule has 1 aromatic rings. The summed E-state index contributed by atoms with van der Waals surface area (Å²) in [6, 6.07) is 1.64. The van der Waals surface area contributed by atoms with E-state index in [0.717, 1.165) is 12.1 Å². The Morgan fingerprint density at radius 2 is 2.20 bits per heavy atom. The van der Waals surface area contributed by atoms with Gasteiger partial charge in [0.1, 0.15) is 5.82 Å². The summed E-state index contributed by atoms with van der Waals surface area (Å²) in [6.45, 7) is 0.830. The topological polar surface area (TPSA) is 80.7 Å². The predicted octanol–water partition coefficient (Wildman–Crippen LogP) is 1.99. The van der Waals surface area contributed by atoms with Gasteiger partial charge in [-0.05, 0) is 24.5 Å². The van der Waals surface area contributed by atoms with Crippen LogP contribution in [-0.2, 0) is 14.6 Å². The van der Waals surface area contributed by atoms with Crippen molar-refractivity contribution in [2.75, 3.05) is 19.0 Å². The quantitative estimate of drug-likeness (QED) is 0.917. The smallest absolute Gasteiger partial charge is 0.337 e. The fourth-order valence-corrected chi connectivity index (χ4v) is 3.87. The first-order chi connectivity index (χ1) is 9.31. The monoisotopic (exact) mass is 322 g/mol. The van der Waals surface area contributed by atoms with Gasteiger partial charge in [-0.2, -0.15) is 0 Å². The average Bonchev–Trinajstić information content (AvgIpc) is 2.83. The van der Waals surface area contributed by atoms with E-state index in [-0.39, 0.29) is 16.6 Å². The van der Waals surface area contributed by atoms with Gasteiger partial charge in [-0.25, -0.2) is 17.6 Å². The van der Waals surface area contributed by atoms with Crippen molar-refractivity contribution in [3.63, 3.8) is 0 Å². The van der Waals surface area contributed by atoms with Crippen LogP contribution in [0.4, 0.5) is 4.39 Å². The third kappa shape index (κ3) is 3.11. The first kappa shape index (κ1) is 15.2. The van der Waals surface area contributed by atoms with Crippen LogP contribution in [0.2, 0.25) is 5.02 Å². The van der Waals surface area contributed by atoms with Gasteiger partial charge in [-0.3, -0.25) is 0 Å². The van der Waals surface area contributed by atoms with Gasteiger partial charge >= 0.3 is 5.97 Å². The van der Waals surface area contributed by atoms with E-state index in [1.54, 1.807) is 0 Å². The summed E-state index contributed by atoms with van der Waals surface area (Å²) in [4.78, 5) is 10.6. The zero-order valence-corrected chi connectivity index (χ0v) is 11.9. The van der Waals surface area contributed by atoms with Crippen LogP contribution in [0.5, 0.6) is 0 Å². The number of benzene rings is 1. The van der Waals surface area contributed by atoms with Crippen LogP contribution in [0.3, 0.4) is 0 Å². The fourth-order valence-electron chi connectivity index (χ4n) is 2.02. The van der Waals surface area contributed by atoms with Crippen LogP contribution in [0.1, 0.15) is 16.8 Å². The van der Waals surface area contributed by atoms with Crippen molar-refractivity contribution in [2.24, 2.45) is 5.92 Å². The van der Waals surface area contributed by atoms with Crippen molar-refractivity contribution in [2.45, 2.75) is 11.3 Å². The molecule has 0 saturated carbocycles. The minimum absolute atomic E-state index is 0.160. The van der Waals surface area contributed by atoms with E-state index in [0.29, 0.717) is 19.6 Å². The minimum Gasteiger partial charge on any atom is -0.478 e. The van der Waals surface area contributed by atoms with E-state index in [1.807, 2.05) is 0 Å². The molecule has 1 aromatic carbocycles. The highest BCUT2D eigenvalue weighted by atomic mass is 35.5. The molecule has 8 heteroatoms. The van der Waals surface area contributed by atoms with Gasteiger partial charge in [-0.15, -0.1) is 0 Å². The van der Waals surface area contributed by atoms with Gasteiger partial charge in [0.25, 0.3) is 0 Å². The highest BCUT2D eigenvalue weighted by molar-refractivity contribution is 7.91. The molecule has 2 rings (SSSR count). The summed E-state index contributed by atoms with van der Waals surface area (Å²) < 4.78 is 43.0. The summed E-state index contributed by atoms with van der Waals surface area (Å²) in [5.41, 5.74) is -0.562. The number of ether oxygens (including phenoxy) is 1. The van der Waals surface area contributed by atoms with Crippen molar-refractivity contribution in [1.29, 1.82) is 0 Å². The highest BCUT2D eigenvalue weighted by Crippen LogP contribution is 2.27. The minimum atomic E-state index is -3.78. The zero-order valence-electron chi connectivity index (χ0n) is 10.3. The summed E-state index contributed by atoms with van der Waals surface area (Å²) in [5, 5.41) is 8.30. The number of carboxylic acid groups (broad SMARTS) is 1. The maximum Gasteiger partial charge on any atom is 0.337 e. The molecule has 1 unspecified atom stereocenters. The van der Waals surface area contributed by atoms with Gasteiger partial charge in [0.05, 0.1) is 27.8 Å². The van der Waals surface area contributed by atoms with E-state index >= 15 is 0 Å². The molecule has 1 heterocycles. The summed E-state index contributed by atoms with van der Waals surface area (Å²) in [7, 11) is -3.78. The third-order valence-electron chi connectivity index (χ3n) is 3.07. The van der Waals surface area contributed by atoms with Gasteiger partial charge in [0.2, 0.25) is 0 Å². The van der Waals surface area contributed by atoms with Crippen LogP contribution >= 0.6 is 11.6 Å². The normalized spacial score (nSPS) is 19.2. The molecule has 1 saturated heterocycles. The maximum atomic E-state index is 13.6. The molecule has 5 nitrogen and oxygen atoms in total. The summed E-state index contributed by atoms with van der Waals surface area (Å²) >= 11 is 5.51. The Morgan fingerprint density at radius 3 is 2.75 bits per heavy atom. The Labute approximate surface area is 120 Å². The van der Waals surface area contributed by atoms with Crippen LogP contribution < -0.4 is 0 Å². The Morgan fingerprint density at radius 1 is 1.50 bits per heavy atom. The number of rotatable bonds is 4. The predicted molar refractivity (Wildman–Crippen MR) is 69.3 cm³/mol. The Hall–Kier alpha value is -1.18. The molecule has 110 valence electrons. The molecule has 1 N–H and O–H groups in total. The molecule has 1 atom stereocenters. The second-order valence-electron chi connectivity index (χ2n) is 4.58. The number of hydrogen-bond acceptors (Lipinski definition) is 4. The van der Waals surface area contributed by atoms with E-state index < -0.39 is 32.2 Å². The Balaban J connectivity index is 2.38.